The highest BCUT2D eigenvalue weighted by molar-refractivity contribution is 7.89. The molecule has 0 heterocycles. The average Bonchev–Trinajstić information content (AvgIpc) is 2.80. The second-order valence-corrected chi connectivity index (χ2v) is 9.33. The molecule has 4 N–H and O–H groups in total. The molecule has 9 heteroatoms. The molecule has 172 valence electrons. The van der Waals surface area contributed by atoms with Gasteiger partial charge < -0.3 is 16.0 Å². The molecule has 3 aromatic rings. The Labute approximate surface area is 193 Å². The summed E-state index contributed by atoms with van der Waals surface area (Å²) in [6.07, 6.45) is 0. The Morgan fingerprint density at radius 2 is 1.45 bits per heavy atom. The quantitative estimate of drug-likeness (QED) is 0.420. The van der Waals surface area contributed by atoms with Gasteiger partial charge in [0.05, 0.1) is 10.9 Å². The van der Waals surface area contributed by atoms with Crippen molar-refractivity contribution in [3.05, 3.63) is 89.5 Å². The summed E-state index contributed by atoms with van der Waals surface area (Å²) in [6.45, 7) is 3.57. The van der Waals surface area contributed by atoms with Gasteiger partial charge in [0.25, 0.3) is 5.91 Å². The van der Waals surface area contributed by atoms with E-state index < -0.39 is 10.0 Å². The molecular weight excluding hydrogens is 440 g/mol. The van der Waals surface area contributed by atoms with E-state index in [0.717, 1.165) is 5.56 Å². The van der Waals surface area contributed by atoms with Crippen molar-refractivity contribution in [3.63, 3.8) is 0 Å². The molecule has 3 aromatic carbocycles. The summed E-state index contributed by atoms with van der Waals surface area (Å²) in [6, 6.07) is 19.9. The van der Waals surface area contributed by atoms with Crippen LogP contribution in [-0.2, 0) is 10.0 Å². The van der Waals surface area contributed by atoms with E-state index in [1.165, 1.54) is 19.2 Å². The van der Waals surface area contributed by atoms with Gasteiger partial charge in [-0.1, -0.05) is 36.4 Å². The van der Waals surface area contributed by atoms with Crippen molar-refractivity contribution in [1.29, 1.82) is 0 Å². The minimum Gasteiger partial charge on any atom is -0.346 e. The number of rotatable bonds is 7. The molecule has 1 unspecified atom stereocenters. The third-order valence-corrected chi connectivity index (χ3v) is 6.49. The molecule has 33 heavy (non-hydrogen) atoms. The molecule has 0 saturated heterocycles. The van der Waals surface area contributed by atoms with Crippen LogP contribution in [0.15, 0.2) is 77.7 Å². The van der Waals surface area contributed by atoms with E-state index in [9.17, 15) is 18.0 Å². The van der Waals surface area contributed by atoms with Gasteiger partial charge in [-0.3, -0.25) is 4.79 Å². The fourth-order valence-electron chi connectivity index (χ4n) is 3.16. The average molecular weight is 467 g/mol. The van der Waals surface area contributed by atoms with Crippen LogP contribution >= 0.6 is 0 Å². The second-order valence-electron chi connectivity index (χ2n) is 7.45. The lowest BCUT2D eigenvalue weighted by Crippen LogP contribution is -2.28. The van der Waals surface area contributed by atoms with Gasteiger partial charge in [-0.05, 0) is 68.4 Å². The van der Waals surface area contributed by atoms with Crippen molar-refractivity contribution in [2.45, 2.75) is 24.8 Å². The van der Waals surface area contributed by atoms with Gasteiger partial charge in [-0.15, -0.1) is 0 Å². The monoisotopic (exact) mass is 466 g/mol. The van der Waals surface area contributed by atoms with Crippen molar-refractivity contribution in [2.75, 3.05) is 17.7 Å². The van der Waals surface area contributed by atoms with Crippen molar-refractivity contribution >= 4 is 33.3 Å². The minimum absolute atomic E-state index is 0.0256. The van der Waals surface area contributed by atoms with Gasteiger partial charge in [0.2, 0.25) is 10.0 Å². The lowest BCUT2D eigenvalue weighted by atomic mass is 10.1. The van der Waals surface area contributed by atoms with Crippen LogP contribution in [-0.4, -0.2) is 27.4 Å². The maximum absolute atomic E-state index is 12.8. The summed E-state index contributed by atoms with van der Waals surface area (Å²) in [5.74, 6) is -0.377. The Hall–Kier alpha value is -3.69. The number of amides is 3. The molecule has 0 aromatic heterocycles. The fraction of sp³-hybridized carbons (Fsp3) is 0.167. The van der Waals surface area contributed by atoms with Gasteiger partial charge in [-0.2, -0.15) is 0 Å². The van der Waals surface area contributed by atoms with E-state index >= 15 is 0 Å². The van der Waals surface area contributed by atoms with Crippen molar-refractivity contribution in [3.8, 4) is 0 Å². The molecule has 8 nitrogen and oxygen atoms in total. The molecule has 0 bridgehead atoms. The first-order valence-electron chi connectivity index (χ1n) is 10.3. The first-order valence-corrected chi connectivity index (χ1v) is 11.8. The molecular formula is C24H26N4O4S. The summed E-state index contributed by atoms with van der Waals surface area (Å²) >= 11 is 0. The van der Waals surface area contributed by atoms with E-state index in [-0.39, 0.29) is 28.4 Å². The topological polar surface area (TPSA) is 116 Å². The van der Waals surface area contributed by atoms with Crippen LogP contribution in [0.4, 0.5) is 16.2 Å². The Kier molecular flexibility index (Phi) is 7.47. The lowest BCUT2D eigenvalue weighted by Gasteiger charge is -2.17. The first kappa shape index (κ1) is 24.0. The van der Waals surface area contributed by atoms with Crippen LogP contribution in [0, 0.1) is 6.92 Å². The first-order chi connectivity index (χ1) is 15.7. The number of benzene rings is 3. The number of hydrogen-bond acceptors (Lipinski definition) is 4. The van der Waals surface area contributed by atoms with E-state index in [2.05, 4.69) is 20.7 Å². The maximum atomic E-state index is 12.8. The Bertz CT molecular complexity index is 1240. The van der Waals surface area contributed by atoms with Crippen molar-refractivity contribution in [1.82, 2.24) is 10.0 Å². The van der Waals surface area contributed by atoms with Crippen LogP contribution in [0.5, 0.6) is 0 Å². The number of urea groups is 1. The summed E-state index contributed by atoms with van der Waals surface area (Å²) in [7, 11) is -2.34. The summed E-state index contributed by atoms with van der Waals surface area (Å²) < 4.78 is 26.4. The number of anilines is 2. The number of para-hydroxylation sites is 1. The minimum atomic E-state index is -3.66. The molecule has 3 amide bonds. The maximum Gasteiger partial charge on any atom is 0.323 e. The largest absolute Gasteiger partial charge is 0.346 e. The number of hydrogen-bond donors (Lipinski definition) is 4. The van der Waals surface area contributed by atoms with Crippen LogP contribution in [0.25, 0.3) is 0 Å². The smallest absolute Gasteiger partial charge is 0.323 e. The van der Waals surface area contributed by atoms with Gasteiger partial charge in [0, 0.05) is 16.9 Å². The third kappa shape index (κ3) is 6.18. The standard InChI is InChI=1S/C24H26N4O4S/c1-16-9-14-21(33(31,32)25-3)15-22(16)23(29)26-17(2)18-10-12-20(13-11-18)28-24(30)27-19-7-5-4-6-8-19/h4-15,17,25H,1-3H3,(H,26,29)(H2,27,28,30). The van der Waals surface area contributed by atoms with E-state index in [4.69, 9.17) is 0 Å². The van der Waals surface area contributed by atoms with Gasteiger partial charge in [-0.25, -0.2) is 17.9 Å². The fourth-order valence-corrected chi connectivity index (χ4v) is 3.91. The molecule has 0 spiro atoms. The zero-order valence-electron chi connectivity index (χ0n) is 18.5. The van der Waals surface area contributed by atoms with Crippen LogP contribution < -0.4 is 20.7 Å². The number of aryl methyl sites for hydroxylation is 1. The number of carbonyl (C=O) groups is 2. The SMILES string of the molecule is CNS(=O)(=O)c1ccc(C)c(C(=O)NC(C)c2ccc(NC(=O)Nc3ccccc3)cc2)c1. The molecule has 0 fully saturated rings. The third-order valence-electron chi connectivity index (χ3n) is 5.08. The lowest BCUT2D eigenvalue weighted by molar-refractivity contribution is 0.0939. The normalized spacial score (nSPS) is 12.0. The van der Waals surface area contributed by atoms with Crippen LogP contribution in [0.3, 0.4) is 0 Å². The Balaban J connectivity index is 1.65. The van der Waals surface area contributed by atoms with E-state index in [1.54, 1.807) is 49.4 Å². The summed E-state index contributed by atoms with van der Waals surface area (Å²) in [5.41, 5.74) is 3.07. The predicted octanol–water partition coefficient (Wildman–Crippen LogP) is 4.04. The zero-order chi connectivity index (χ0) is 24.0. The Morgan fingerprint density at radius 3 is 2.06 bits per heavy atom. The molecule has 1 atom stereocenters. The highest BCUT2D eigenvalue weighted by atomic mass is 32.2. The zero-order valence-corrected chi connectivity index (χ0v) is 19.4. The summed E-state index contributed by atoms with van der Waals surface area (Å²) in [4.78, 5) is 25.0. The second kappa shape index (κ2) is 10.3. The molecule has 0 radical (unpaired) electrons. The summed E-state index contributed by atoms with van der Waals surface area (Å²) in [5, 5.41) is 8.39. The van der Waals surface area contributed by atoms with Gasteiger partial charge >= 0.3 is 6.03 Å². The molecule has 0 saturated carbocycles. The molecule has 0 aliphatic rings. The van der Waals surface area contributed by atoms with Gasteiger partial charge in [0.15, 0.2) is 0 Å². The molecule has 0 aliphatic heterocycles. The van der Waals surface area contributed by atoms with Crippen LogP contribution in [0.1, 0.15) is 34.5 Å². The van der Waals surface area contributed by atoms with Crippen molar-refractivity contribution in [2.24, 2.45) is 0 Å². The van der Waals surface area contributed by atoms with Gasteiger partial charge in [0.1, 0.15) is 0 Å². The predicted molar refractivity (Wildman–Crippen MR) is 129 cm³/mol. The van der Waals surface area contributed by atoms with E-state index in [1.807, 2.05) is 25.1 Å². The van der Waals surface area contributed by atoms with Crippen molar-refractivity contribution < 1.29 is 18.0 Å². The molecule has 3 rings (SSSR count). The number of carbonyl (C=O) groups excluding carboxylic acids is 2. The van der Waals surface area contributed by atoms with E-state index in [0.29, 0.717) is 16.9 Å². The highest BCUT2D eigenvalue weighted by Crippen LogP contribution is 2.20. The Morgan fingerprint density at radius 1 is 0.848 bits per heavy atom. The molecule has 0 aliphatic carbocycles. The number of sulfonamides is 1. The number of nitrogens with one attached hydrogen (secondary N) is 4. The highest BCUT2D eigenvalue weighted by Gasteiger charge is 2.18. The van der Waals surface area contributed by atoms with Crippen LogP contribution in [0.2, 0.25) is 0 Å².